The van der Waals surface area contributed by atoms with Gasteiger partial charge in [0.1, 0.15) is 6.54 Å². The minimum Gasteiger partial charge on any atom is -0.325 e. The number of nitrogens with one attached hydrogen (secondary N) is 1. The molecule has 7 heteroatoms. The summed E-state index contributed by atoms with van der Waals surface area (Å²) in [5.74, 6) is -0.00624. The summed E-state index contributed by atoms with van der Waals surface area (Å²) in [6, 6.07) is 19.8. The molecule has 0 saturated carbocycles. The Morgan fingerprint density at radius 3 is 2.40 bits per heavy atom. The van der Waals surface area contributed by atoms with Gasteiger partial charge in [-0.05, 0) is 47.9 Å². The lowest BCUT2D eigenvalue weighted by Gasteiger charge is -2.31. The van der Waals surface area contributed by atoms with E-state index in [9.17, 15) is 13.2 Å². The van der Waals surface area contributed by atoms with Crippen molar-refractivity contribution in [2.75, 3.05) is 16.2 Å². The number of sulfonamides is 1. The molecule has 1 N–H and O–H groups in total. The van der Waals surface area contributed by atoms with Crippen molar-refractivity contribution < 1.29 is 13.2 Å². The van der Waals surface area contributed by atoms with E-state index in [2.05, 4.69) is 35.1 Å². The molecular weight excluding hydrogens is 464 g/mol. The van der Waals surface area contributed by atoms with Crippen LogP contribution in [0.1, 0.15) is 25.3 Å². The molecule has 0 fully saturated rings. The van der Waals surface area contributed by atoms with Gasteiger partial charge in [-0.15, -0.1) is 0 Å². The topological polar surface area (TPSA) is 66.5 Å². The minimum atomic E-state index is -3.86. The van der Waals surface area contributed by atoms with E-state index in [-0.39, 0.29) is 11.4 Å². The fourth-order valence-electron chi connectivity index (χ4n) is 3.56. The van der Waals surface area contributed by atoms with Crippen LogP contribution in [-0.2, 0) is 14.8 Å². The zero-order valence-corrected chi connectivity index (χ0v) is 19.0. The van der Waals surface area contributed by atoms with Gasteiger partial charge in [0, 0.05) is 21.3 Å². The average Bonchev–Trinajstić information content (AvgIpc) is 2.72. The van der Waals surface area contributed by atoms with Gasteiger partial charge in [0.2, 0.25) is 5.91 Å². The van der Waals surface area contributed by atoms with Crippen LogP contribution in [0.5, 0.6) is 0 Å². The lowest BCUT2D eigenvalue weighted by Crippen LogP contribution is -2.40. The highest BCUT2D eigenvalue weighted by molar-refractivity contribution is 9.10. The van der Waals surface area contributed by atoms with Crippen LogP contribution < -0.4 is 9.62 Å². The van der Waals surface area contributed by atoms with E-state index >= 15 is 0 Å². The number of nitrogens with zero attached hydrogens (tertiary/aromatic N) is 1. The standard InChI is InChI=1S/C23H21BrN2O3S/c1-15(2)16-7-10-18(11-8-16)25-23(27)14-26-21-12-9-17(24)13-20(21)19-5-3-4-6-22(19)30(26,28)29/h3-13,15H,14H2,1-2H3,(H,25,27). The van der Waals surface area contributed by atoms with Gasteiger partial charge in [-0.3, -0.25) is 9.10 Å². The summed E-state index contributed by atoms with van der Waals surface area (Å²) in [6.45, 7) is 3.89. The Kier molecular flexibility index (Phi) is 5.42. The zero-order chi connectivity index (χ0) is 21.5. The minimum absolute atomic E-state index is 0.199. The van der Waals surface area contributed by atoms with Crippen molar-refractivity contribution in [3.63, 3.8) is 0 Å². The number of rotatable bonds is 4. The zero-order valence-electron chi connectivity index (χ0n) is 16.6. The van der Waals surface area contributed by atoms with Crippen LogP contribution in [0, 0.1) is 0 Å². The maximum Gasteiger partial charge on any atom is 0.265 e. The summed E-state index contributed by atoms with van der Waals surface area (Å²) in [4.78, 5) is 12.9. The molecule has 0 radical (unpaired) electrons. The molecule has 3 aromatic carbocycles. The van der Waals surface area contributed by atoms with Crippen molar-refractivity contribution in [1.29, 1.82) is 0 Å². The van der Waals surface area contributed by atoms with Crippen molar-refractivity contribution in [2.24, 2.45) is 0 Å². The molecule has 0 unspecified atom stereocenters. The Balaban J connectivity index is 1.66. The van der Waals surface area contributed by atoms with E-state index in [4.69, 9.17) is 0 Å². The predicted octanol–water partition coefficient (Wildman–Crippen LogP) is 5.39. The quantitative estimate of drug-likeness (QED) is 0.539. The molecule has 0 spiro atoms. The fraction of sp³-hybridized carbons (Fsp3) is 0.174. The second kappa shape index (κ2) is 7.89. The number of halogens is 1. The second-order valence-corrected chi connectivity index (χ2v) is 10.2. The molecular formula is C23H21BrN2O3S. The van der Waals surface area contributed by atoms with Crippen LogP contribution in [0.2, 0.25) is 0 Å². The van der Waals surface area contributed by atoms with E-state index < -0.39 is 15.9 Å². The van der Waals surface area contributed by atoms with Crippen LogP contribution in [0.15, 0.2) is 76.1 Å². The van der Waals surface area contributed by atoms with Gasteiger partial charge in [-0.1, -0.05) is 60.1 Å². The monoisotopic (exact) mass is 484 g/mol. The molecule has 3 aromatic rings. The average molecular weight is 485 g/mol. The smallest absolute Gasteiger partial charge is 0.265 e. The van der Waals surface area contributed by atoms with Gasteiger partial charge in [-0.25, -0.2) is 8.42 Å². The molecule has 0 aromatic heterocycles. The number of carbonyl (C=O) groups excluding carboxylic acids is 1. The highest BCUT2D eigenvalue weighted by Crippen LogP contribution is 2.43. The first kappa shape index (κ1) is 20.6. The van der Waals surface area contributed by atoms with E-state index in [1.54, 1.807) is 30.3 Å². The molecule has 0 aliphatic carbocycles. The third-order valence-electron chi connectivity index (χ3n) is 5.12. The maximum absolute atomic E-state index is 13.3. The van der Waals surface area contributed by atoms with Gasteiger partial charge >= 0.3 is 0 Å². The summed E-state index contributed by atoms with van der Waals surface area (Å²) in [5, 5.41) is 2.80. The first-order chi connectivity index (χ1) is 14.3. The van der Waals surface area contributed by atoms with Crippen molar-refractivity contribution in [2.45, 2.75) is 24.7 Å². The Morgan fingerprint density at radius 2 is 1.70 bits per heavy atom. The maximum atomic E-state index is 13.3. The number of anilines is 2. The molecule has 1 amide bonds. The number of hydrogen-bond donors (Lipinski definition) is 1. The molecule has 0 saturated heterocycles. The highest BCUT2D eigenvalue weighted by atomic mass is 79.9. The van der Waals surface area contributed by atoms with Crippen LogP contribution in [0.4, 0.5) is 11.4 Å². The fourth-order valence-corrected chi connectivity index (χ4v) is 5.57. The first-order valence-corrected chi connectivity index (χ1v) is 11.8. The van der Waals surface area contributed by atoms with E-state index in [1.807, 2.05) is 36.4 Å². The van der Waals surface area contributed by atoms with Crippen LogP contribution in [0.25, 0.3) is 11.1 Å². The van der Waals surface area contributed by atoms with Gasteiger partial charge in [0.05, 0.1) is 10.6 Å². The van der Waals surface area contributed by atoms with E-state index in [1.165, 1.54) is 9.87 Å². The number of hydrogen-bond acceptors (Lipinski definition) is 3. The number of fused-ring (bicyclic) bond motifs is 3. The SMILES string of the molecule is CC(C)c1ccc(NC(=O)CN2c3ccc(Br)cc3-c3ccccc3S2(=O)=O)cc1. The van der Waals surface area contributed by atoms with Gasteiger partial charge < -0.3 is 5.32 Å². The van der Waals surface area contributed by atoms with Crippen molar-refractivity contribution in [1.82, 2.24) is 0 Å². The van der Waals surface area contributed by atoms with Crippen LogP contribution in [-0.4, -0.2) is 20.9 Å². The number of amides is 1. The molecule has 1 aliphatic heterocycles. The third kappa shape index (κ3) is 3.75. The second-order valence-electron chi connectivity index (χ2n) is 7.49. The highest BCUT2D eigenvalue weighted by Gasteiger charge is 2.35. The largest absolute Gasteiger partial charge is 0.325 e. The Bertz CT molecular complexity index is 1220. The summed E-state index contributed by atoms with van der Waals surface area (Å²) < 4.78 is 28.6. The normalized spacial score (nSPS) is 14.2. The molecule has 1 aliphatic rings. The van der Waals surface area contributed by atoms with Crippen molar-refractivity contribution >= 4 is 43.2 Å². The van der Waals surface area contributed by atoms with Gasteiger partial charge in [0.15, 0.2) is 0 Å². The van der Waals surface area contributed by atoms with Crippen molar-refractivity contribution in [3.8, 4) is 11.1 Å². The predicted molar refractivity (Wildman–Crippen MR) is 123 cm³/mol. The number of benzene rings is 3. The summed E-state index contributed by atoms with van der Waals surface area (Å²) in [6.07, 6.45) is 0. The Morgan fingerprint density at radius 1 is 1.00 bits per heavy atom. The third-order valence-corrected chi connectivity index (χ3v) is 7.43. The Labute approximate surface area is 184 Å². The summed E-state index contributed by atoms with van der Waals surface area (Å²) >= 11 is 3.45. The van der Waals surface area contributed by atoms with Crippen LogP contribution in [0.3, 0.4) is 0 Å². The number of carbonyl (C=O) groups is 1. The molecule has 30 heavy (non-hydrogen) atoms. The first-order valence-electron chi connectivity index (χ1n) is 9.59. The molecule has 1 heterocycles. The van der Waals surface area contributed by atoms with E-state index in [0.717, 1.165) is 10.0 Å². The molecule has 154 valence electrons. The molecule has 5 nitrogen and oxygen atoms in total. The summed E-state index contributed by atoms with van der Waals surface area (Å²) in [5.41, 5.74) is 3.69. The molecule has 0 atom stereocenters. The molecule has 0 bridgehead atoms. The lowest BCUT2D eigenvalue weighted by molar-refractivity contribution is -0.114. The van der Waals surface area contributed by atoms with E-state index in [0.29, 0.717) is 22.9 Å². The lowest BCUT2D eigenvalue weighted by atomic mass is 10.0. The van der Waals surface area contributed by atoms with Gasteiger partial charge in [-0.2, -0.15) is 0 Å². The molecule has 4 rings (SSSR count). The van der Waals surface area contributed by atoms with Crippen molar-refractivity contribution in [3.05, 3.63) is 76.8 Å². The van der Waals surface area contributed by atoms with Gasteiger partial charge in [0.25, 0.3) is 10.0 Å². The summed E-state index contributed by atoms with van der Waals surface area (Å²) in [7, 11) is -3.86. The van der Waals surface area contributed by atoms with Crippen LogP contribution >= 0.6 is 15.9 Å². The Hall–Kier alpha value is -2.64.